The zero-order valence-electron chi connectivity index (χ0n) is 18.6. The van der Waals surface area contributed by atoms with E-state index in [-0.39, 0.29) is 37.6 Å². The summed E-state index contributed by atoms with van der Waals surface area (Å²) >= 11 is 0. The summed E-state index contributed by atoms with van der Waals surface area (Å²) in [5.41, 5.74) is 1.32. The van der Waals surface area contributed by atoms with Gasteiger partial charge in [-0.15, -0.1) is 0 Å². The molecule has 1 aromatic carbocycles. The van der Waals surface area contributed by atoms with Crippen molar-refractivity contribution in [1.82, 2.24) is 9.80 Å². The Kier molecular flexibility index (Phi) is 10.4. The molecule has 9 nitrogen and oxygen atoms in total. The van der Waals surface area contributed by atoms with Crippen molar-refractivity contribution in [3.8, 4) is 0 Å². The van der Waals surface area contributed by atoms with Crippen molar-refractivity contribution in [2.24, 2.45) is 0 Å². The van der Waals surface area contributed by atoms with Gasteiger partial charge in [0.2, 0.25) is 7.37 Å². The van der Waals surface area contributed by atoms with Gasteiger partial charge in [-0.25, -0.2) is 4.79 Å². The molecule has 1 N–H and O–H groups in total. The number of carbonyl (C=O) groups is 1. The van der Waals surface area contributed by atoms with Gasteiger partial charge in [-0.2, -0.15) is 0 Å². The third-order valence-corrected chi connectivity index (χ3v) is 10.9. The van der Waals surface area contributed by atoms with E-state index in [0.717, 1.165) is 25.2 Å². The molecular formula is C20H34N2O7P2. The lowest BCUT2D eigenvalue weighted by atomic mass is 10.1. The lowest BCUT2D eigenvalue weighted by Crippen LogP contribution is -2.46. The number of rotatable bonds is 13. The topological polar surface area (TPSA) is 106 Å². The Hall–Kier alpha value is -1.05. The van der Waals surface area contributed by atoms with Crippen LogP contribution in [0.4, 0.5) is 0 Å². The van der Waals surface area contributed by atoms with Crippen LogP contribution in [0.3, 0.4) is 0 Å². The van der Waals surface area contributed by atoms with E-state index in [1.165, 1.54) is 0 Å². The summed E-state index contributed by atoms with van der Waals surface area (Å²) in [7, 11) is -6.71. The highest BCUT2D eigenvalue weighted by Crippen LogP contribution is 2.63. The molecule has 1 atom stereocenters. The van der Waals surface area contributed by atoms with Crippen molar-refractivity contribution >= 4 is 20.9 Å². The van der Waals surface area contributed by atoms with Crippen LogP contribution in [0, 0.1) is 0 Å². The van der Waals surface area contributed by atoms with Crippen LogP contribution in [0.5, 0.6) is 0 Å². The highest BCUT2D eigenvalue weighted by Gasteiger charge is 2.38. The van der Waals surface area contributed by atoms with Gasteiger partial charge >= 0.3 is 13.6 Å². The molecule has 31 heavy (non-hydrogen) atoms. The molecule has 1 fully saturated rings. The summed E-state index contributed by atoms with van der Waals surface area (Å²) in [6, 6.07) is 6.89. The smallest absolute Gasteiger partial charge is 0.340 e. The Morgan fingerprint density at radius 2 is 1.42 bits per heavy atom. The molecule has 0 radical (unpaired) electrons. The van der Waals surface area contributed by atoms with Crippen LogP contribution in [-0.2, 0) is 29.2 Å². The van der Waals surface area contributed by atoms with Gasteiger partial charge in [-0.1, -0.05) is 12.1 Å². The van der Waals surface area contributed by atoms with E-state index in [0.29, 0.717) is 13.1 Å². The summed E-state index contributed by atoms with van der Waals surface area (Å²) in [4.78, 5) is 15.3. The predicted octanol–water partition coefficient (Wildman–Crippen LogP) is 4.00. The van der Waals surface area contributed by atoms with E-state index in [1.807, 2.05) is 12.1 Å². The Balaban J connectivity index is 1.93. The zero-order chi connectivity index (χ0) is 22.9. The molecule has 0 spiro atoms. The van der Waals surface area contributed by atoms with Crippen LogP contribution >= 0.6 is 15.0 Å². The Labute approximate surface area is 184 Å². The van der Waals surface area contributed by atoms with Crippen LogP contribution in [0.25, 0.3) is 0 Å². The van der Waals surface area contributed by atoms with Crippen LogP contribution < -0.4 is 0 Å². The van der Waals surface area contributed by atoms with Gasteiger partial charge in [0.05, 0.1) is 31.7 Å². The first-order valence-electron chi connectivity index (χ1n) is 10.6. The van der Waals surface area contributed by atoms with E-state index >= 15 is 0 Å². The lowest BCUT2D eigenvalue weighted by Gasteiger charge is -2.36. The molecular weight excluding hydrogens is 442 g/mol. The molecule has 1 aliphatic rings. The molecule has 2 rings (SSSR count). The Morgan fingerprint density at radius 1 is 0.903 bits per heavy atom. The summed E-state index contributed by atoms with van der Waals surface area (Å²) in [6.45, 7) is 9.62. The van der Waals surface area contributed by atoms with Crippen molar-refractivity contribution in [1.29, 1.82) is 0 Å². The van der Waals surface area contributed by atoms with Crippen LogP contribution in [-0.4, -0.2) is 79.1 Å². The van der Waals surface area contributed by atoms with Crippen LogP contribution in [0.2, 0.25) is 0 Å². The fraction of sp³-hybridized carbons (Fsp3) is 0.650. The lowest BCUT2D eigenvalue weighted by molar-refractivity contribution is 0.0696. The first-order chi connectivity index (χ1) is 14.7. The number of hydrogen-bond acceptors (Lipinski definition) is 8. The quantitative estimate of drug-likeness (QED) is 0.423. The molecule has 1 aromatic rings. The molecule has 1 heterocycles. The monoisotopic (exact) mass is 476 g/mol. The molecule has 1 saturated heterocycles. The minimum Gasteiger partial charge on any atom is -0.478 e. The van der Waals surface area contributed by atoms with E-state index in [2.05, 4.69) is 9.80 Å². The molecule has 0 saturated carbocycles. The summed E-state index contributed by atoms with van der Waals surface area (Å²) in [6.07, 6.45) is 0.214. The largest absolute Gasteiger partial charge is 0.478 e. The van der Waals surface area contributed by atoms with Crippen LogP contribution in [0.1, 0.15) is 36.7 Å². The van der Waals surface area contributed by atoms with Crippen molar-refractivity contribution in [2.45, 2.75) is 27.3 Å². The predicted molar refractivity (Wildman–Crippen MR) is 120 cm³/mol. The molecule has 0 aliphatic carbocycles. The summed E-state index contributed by atoms with van der Waals surface area (Å²) in [5.74, 6) is -1.15. The van der Waals surface area contributed by atoms with E-state index in [4.69, 9.17) is 18.7 Å². The minimum atomic E-state index is -3.47. The molecule has 0 amide bonds. The maximum atomic E-state index is 13.4. The number of nitrogens with zero attached hydrogens (tertiary/aromatic N) is 2. The second-order valence-corrected chi connectivity index (χ2v) is 12.4. The Bertz CT molecular complexity index is 785. The van der Waals surface area contributed by atoms with Gasteiger partial charge in [0, 0.05) is 32.7 Å². The third kappa shape index (κ3) is 8.43. The number of aromatic carboxylic acids is 1. The van der Waals surface area contributed by atoms with Crippen LogP contribution in [0.15, 0.2) is 24.3 Å². The zero-order valence-corrected chi connectivity index (χ0v) is 20.4. The van der Waals surface area contributed by atoms with Gasteiger partial charge in [0.1, 0.15) is 5.90 Å². The summed E-state index contributed by atoms with van der Waals surface area (Å²) < 4.78 is 42.6. The highest BCUT2D eigenvalue weighted by molar-refractivity contribution is 7.73. The van der Waals surface area contributed by atoms with Gasteiger partial charge in [0.15, 0.2) is 0 Å². The summed E-state index contributed by atoms with van der Waals surface area (Å²) in [5, 5.41) is 9.01. The van der Waals surface area contributed by atoms with Gasteiger partial charge in [-0.05, 0) is 38.5 Å². The molecule has 1 aliphatic heterocycles. The first kappa shape index (κ1) is 26.2. The van der Waals surface area contributed by atoms with E-state index < -0.39 is 20.9 Å². The number of hydrogen-bond donors (Lipinski definition) is 1. The van der Waals surface area contributed by atoms with E-state index in [9.17, 15) is 13.9 Å². The maximum absolute atomic E-state index is 13.4. The average Bonchev–Trinajstić information content (AvgIpc) is 2.70. The van der Waals surface area contributed by atoms with Crippen molar-refractivity contribution in [2.75, 3.05) is 58.2 Å². The molecule has 0 bridgehead atoms. The number of carboxylic acids is 1. The number of carboxylic acid groups (broad SMARTS) is 1. The van der Waals surface area contributed by atoms with Gasteiger partial charge in [-0.3, -0.25) is 18.9 Å². The van der Waals surface area contributed by atoms with Gasteiger partial charge < -0.3 is 18.7 Å². The number of benzene rings is 1. The highest BCUT2D eigenvalue weighted by atomic mass is 31.2. The van der Waals surface area contributed by atoms with Gasteiger partial charge in [0.25, 0.3) is 0 Å². The van der Waals surface area contributed by atoms with Crippen molar-refractivity contribution < 1.29 is 32.6 Å². The minimum absolute atomic E-state index is 0.214. The molecule has 176 valence electrons. The fourth-order valence-electron chi connectivity index (χ4n) is 3.54. The second kappa shape index (κ2) is 12.3. The second-order valence-electron chi connectivity index (χ2n) is 7.36. The SMILES string of the molecule is CCOP(=O)(CN1CCN(Cc2ccc(C(=O)O)cc2)CC1)CP(=O)(OCC)OCC. The third-order valence-electron chi connectivity index (χ3n) is 4.89. The standard InChI is InChI=1S/C20H34N2O7P2/c1-4-27-30(25,17-31(26,28-5-2)29-6-3)16-22-13-11-21(12-14-22)15-18-7-9-19(10-8-18)20(23)24/h7-10H,4-6,11-17H2,1-3H3,(H,23,24). The molecule has 11 heteroatoms. The normalized spacial score (nSPS) is 18.0. The average molecular weight is 476 g/mol. The maximum Gasteiger partial charge on any atom is 0.340 e. The molecule has 0 aromatic heterocycles. The van der Waals surface area contributed by atoms with E-state index in [1.54, 1.807) is 32.9 Å². The van der Waals surface area contributed by atoms with Crippen molar-refractivity contribution in [3.63, 3.8) is 0 Å². The fourth-order valence-corrected chi connectivity index (χ4v) is 9.30. The number of piperazine rings is 1. The molecule has 1 unspecified atom stereocenters. The van der Waals surface area contributed by atoms with Crippen molar-refractivity contribution in [3.05, 3.63) is 35.4 Å². The Morgan fingerprint density at radius 3 is 1.90 bits per heavy atom. The first-order valence-corrected chi connectivity index (χ1v) is 14.3.